The summed E-state index contributed by atoms with van der Waals surface area (Å²) in [6, 6.07) is 6.45. The lowest BCUT2D eigenvalue weighted by molar-refractivity contribution is -0.169. The molecule has 0 bridgehead atoms. The van der Waals surface area contributed by atoms with E-state index in [-0.39, 0.29) is 5.78 Å². The molecule has 0 spiro atoms. The standard InChI is InChI=1S/C18H20N2O4S2/c1-9-7-5-6-8-11(9)13(25)19-18(10(2)21)15(24)20-12(14(22)23)17(3,4)26-16(18)20/h5-8,12,16H,1-4H3,(H,19,25)(H,22,23)/t12-,16+,18-/m0/s1. The highest BCUT2D eigenvalue weighted by Gasteiger charge is 2.73. The van der Waals surface area contributed by atoms with Crippen molar-refractivity contribution in [3.05, 3.63) is 35.4 Å². The third-order valence-corrected chi connectivity index (χ3v) is 6.99. The summed E-state index contributed by atoms with van der Waals surface area (Å²) in [6.07, 6.45) is 0. The number of Topliss-reactive ketones (excluding diaryl/α,β-unsaturated/α-hetero) is 1. The van der Waals surface area contributed by atoms with Gasteiger partial charge in [0.1, 0.15) is 16.4 Å². The number of nitrogens with one attached hydrogen (secondary N) is 1. The number of aliphatic carboxylic acids is 1. The monoisotopic (exact) mass is 392 g/mol. The maximum atomic E-state index is 13.0. The molecule has 138 valence electrons. The van der Waals surface area contributed by atoms with Gasteiger partial charge in [-0.3, -0.25) is 9.59 Å². The van der Waals surface area contributed by atoms with E-state index in [9.17, 15) is 19.5 Å². The van der Waals surface area contributed by atoms with Crippen LogP contribution in [0.2, 0.25) is 0 Å². The Hall–Kier alpha value is -1.93. The summed E-state index contributed by atoms with van der Waals surface area (Å²) in [7, 11) is 0. The molecule has 2 aliphatic rings. The molecular weight excluding hydrogens is 372 g/mol. The van der Waals surface area contributed by atoms with Gasteiger partial charge >= 0.3 is 5.97 Å². The van der Waals surface area contributed by atoms with Gasteiger partial charge in [-0.1, -0.05) is 36.5 Å². The number of β-lactam (4-membered cyclic amide) rings is 1. The SMILES string of the molecule is CC(=O)[C@]1(NC(=S)c2ccccc2C)C(=O)N2[C@@H](C(=O)O)C(C)(C)S[C@@H]21. The first-order chi connectivity index (χ1) is 12.0. The van der Waals surface area contributed by atoms with E-state index in [2.05, 4.69) is 5.32 Å². The molecule has 2 aliphatic heterocycles. The Kier molecular flexibility index (Phi) is 4.39. The number of hydrogen-bond acceptors (Lipinski definition) is 5. The summed E-state index contributed by atoms with van der Waals surface area (Å²) in [6.45, 7) is 6.77. The van der Waals surface area contributed by atoms with Crippen molar-refractivity contribution in [2.75, 3.05) is 0 Å². The molecule has 3 atom stereocenters. The van der Waals surface area contributed by atoms with Gasteiger partial charge < -0.3 is 15.3 Å². The average Bonchev–Trinajstić information content (AvgIpc) is 2.81. The molecule has 1 aromatic carbocycles. The number of aryl methyl sites for hydroxylation is 1. The van der Waals surface area contributed by atoms with E-state index in [0.717, 1.165) is 11.1 Å². The second-order valence-electron chi connectivity index (χ2n) is 7.16. The number of thioether (sulfide) groups is 1. The van der Waals surface area contributed by atoms with Gasteiger partial charge in [0.2, 0.25) is 5.54 Å². The van der Waals surface area contributed by atoms with Crippen LogP contribution in [-0.4, -0.2) is 54.4 Å². The van der Waals surface area contributed by atoms with Crippen LogP contribution in [0.4, 0.5) is 0 Å². The zero-order valence-electron chi connectivity index (χ0n) is 14.9. The minimum absolute atomic E-state index is 0.309. The largest absolute Gasteiger partial charge is 0.480 e. The highest BCUT2D eigenvalue weighted by atomic mass is 32.2. The van der Waals surface area contributed by atoms with E-state index >= 15 is 0 Å². The molecule has 6 nitrogen and oxygen atoms in total. The van der Waals surface area contributed by atoms with Crippen molar-refractivity contribution in [2.45, 2.75) is 49.4 Å². The van der Waals surface area contributed by atoms with Crippen molar-refractivity contribution in [2.24, 2.45) is 0 Å². The molecule has 0 unspecified atom stereocenters. The van der Waals surface area contributed by atoms with Crippen LogP contribution < -0.4 is 5.32 Å². The molecule has 26 heavy (non-hydrogen) atoms. The minimum atomic E-state index is -1.52. The first-order valence-electron chi connectivity index (χ1n) is 8.16. The second-order valence-corrected chi connectivity index (χ2v) is 9.30. The first kappa shape index (κ1) is 18.8. The Labute approximate surface area is 161 Å². The number of hydrogen-bond donors (Lipinski definition) is 2. The molecule has 2 saturated heterocycles. The molecule has 0 saturated carbocycles. The minimum Gasteiger partial charge on any atom is -0.480 e. The molecule has 1 amide bonds. The number of nitrogens with zero attached hydrogens (tertiary/aromatic N) is 1. The van der Waals surface area contributed by atoms with E-state index in [1.807, 2.05) is 31.2 Å². The number of carboxylic acids is 1. The Bertz CT molecular complexity index is 838. The van der Waals surface area contributed by atoms with Gasteiger partial charge in [-0.15, -0.1) is 11.8 Å². The molecule has 8 heteroatoms. The van der Waals surface area contributed by atoms with Gasteiger partial charge in [-0.25, -0.2) is 4.79 Å². The van der Waals surface area contributed by atoms with Crippen LogP contribution >= 0.6 is 24.0 Å². The van der Waals surface area contributed by atoms with Gasteiger partial charge in [0.15, 0.2) is 5.78 Å². The Morgan fingerprint density at radius 1 is 1.31 bits per heavy atom. The van der Waals surface area contributed by atoms with Crippen LogP contribution in [0.5, 0.6) is 0 Å². The quantitative estimate of drug-likeness (QED) is 0.458. The van der Waals surface area contributed by atoms with Crippen molar-refractivity contribution < 1.29 is 19.5 Å². The van der Waals surface area contributed by atoms with Gasteiger partial charge in [0.05, 0.1) is 0 Å². The van der Waals surface area contributed by atoms with Crippen LogP contribution in [0, 0.1) is 6.92 Å². The Morgan fingerprint density at radius 3 is 2.46 bits per heavy atom. The lowest BCUT2D eigenvalue weighted by atomic mass is 9.81. The lowest BCUT2D eigenvalue weighted by Crippen LogP contribution is -2.82. The van der Waals surface area contributed by atoms with Crippen LogP contribution in [0.15, 0.2) is 24.3 Å². The fourth-order valence-corrected chi connectivity index (χ4v) is 5.80. The number of rotatable bonds is 4. The molecule has 3 rings (SSSR count). The Morgan fingerprint density at radius 2 is 1.92 bits per heavy atom. The zero-order valence-corrected chi connectivity index (χ0v) is 16.5. The predicted molar refractivity (Wildman–Crippen MR) is 103 cm³/mol. The molecule has 2 N–H and O–H groups in total. The third-order valence-electron chi connectivity index (χ3n) is 5.04. The summed E-state index contributed by atoms with van der Waals surface area (Å²) in [4.78, 5) is 38.8. The molecule has 0 radical (unpaired) electrons. The number of ketones is 1. The molecule has 1 aromatic rings. The van der Waals surface area contributed by atoms with E-state index in [0.29, 0.717) is 4.99 Å². The number of carbonyl (C=O) groups excluding carboxylic acids is 2. The summed E-state index contributed by atoms with van der Waals surface area (Å²) >= 11 is 6.78. The first-order valence-corrected chi connectivity index (χ1v) is 9.45. The summed E-state index contributed by atoms with van der Waals surface area (Å²) in [5, 5.41) is 11.9. The van der Waals surface area contributed by atoms with Crippen molar-refractivity contribution >= 4 is 46.6 Å². The highest BCUT2D eigenvalue weighted by Crippen LogP contribution is 2.55. The van der Waals surface area contributed by atoms with E-state index < -0.39 is 33.6 Å². The van der Waals surface area contributed by atoms with E-state index in [1.54, 1.807) is 13.8 Å². The van der Waals surface area contributed by atoms with Crippen molar-refractivity contribution in [3.8, 4) is 0 Å². The van der Waals surface area contributed by atoms with Crippen LogP contribution in [0.3, 0.4) is 0 Å². The average molecular weight is 393 g/mol. The highest BCUT2D eigenvalue weighted by molar-refractivity contribution is 8.01. The second kappa shape index (κ2) is 6.06. The number of carboxylic acid groups (broad SMARTS) is 1. The summed E-state index contributed by atoms with van der Waals surface area (Å²) < 4.78 is -0.713. The predicted octanol–water partition coefficient (Wildman–Crippen LogP) is 1.73. The van der Waals surface area contributed by atoms with Crippen molar-refractivity contribution in [3.63, 3.8) is 0 Å². The van der Waals surface area contributed by atoms with Gasteiger partial charge in [-0.2, -0.15) is 0 Å². The smallest absolute Gasteiger partial charge is 0.327 e. The topological polar surface area (TPSA) is 86.7 Å². The molecule has 2 fully saturated rings. The maximum absolute atomic E-state index is 13.0. The number of carbonyl (C=O) groups is 3. The lowest BCUT2D eigenvalue weighted by Gasteiger charge is -2.52. The normalized spacial score (nSPS) is 28.9. The van der Waals surface area contributed by atoms with Gasteiger partial charge in [-0.05, 0) is 33.3 Å². The fourth-order valence-electron chi connectivity index (χ4n) is 3.66. The van der Waals surface area contributed by atoms with Gasteiger partial charge in [0, 0.05) is 10.3 Å². The summed E-state index contributed by atoms with van der Waals surface area (Å²) in [5.41, 5.74) is 0.146. The third kappa shape index (κ3) is 2.46. The number of benzene rings is 1. The number of thiocarbonyl (C=S) groups is 1. The summed E-state index contributed by atoms with van der Waals surface area (Å²) in [5.74, 6) is -1.97. The van der Waals surface area contributed by atoms with E-state index in [1.165, 1.54) is 23.6 Å². The molecule has 2 heterocycles. The van der Waals surface area contributed by atoms with Crippen LogP contribution in [0.25, 0.3) is 0 Å². The molecule has 0 aromatic heterocycles. The maximum Gasteiger partial charge on any atom is 0.327 e. The van der Waals surface area contributed by atoms with Crippen LogP contribution in [-0.2, 0) is 14.4 Å². The number of amides is 1. The van der Waals surface area contributed by atoms with Crippen LogP contribution in [0.1, 0.15) is 31.9 Å². The Balaban J connectivity index is 1.98. The fraction of sp³-hybridized carbons (Fsp3) is 0.444. The molecule has 0 aliphatic carbocycles. The molecular formula is C18H20N2O4S2. The van der Waals surface area contributed by atoms with E-state index in [4.69, 9.17) is 12.2 Å². The van der Waals surface area contributed by atoms with Gasteiger partial charge in [0.25, 0.3) is 5.91 Å². The van der Waals surface area contributed by atoms with Crippen molar-refractivity contribution in [1.82, 2.24) is 10.2 Å². The number of fused-ring (bicyclic) bond motifs is 1. The zero-order chi connectivity index (χ0) is 19.4. The van der Waals surface area contributed by atoms with Crippen molar-refractivity contribution in [1.29, 1.82) is 0 Å².